The van der Waals surface area contributed by atoms with E-state index in [9.17, 15) is 4.79 Å². The van der Waals surface area contributed by atoms with Crippen molar-refractivity contribution in [2.75, 3.05) is 0 Å². The molecule has 82 valence electrons. The number of Topliss-reactive ketones (excluding diaryl/α,β-unsaturated/α-hetero) is 1. The van der Waals surface area contributed by atoms with Gasteiger partial charge in [0, 0.05) is 0 Å². The molecule has 0 bridgehead atoms. The summed E-state index contributed by atoms with van der Waals surface area (Å²) < 4.78 is 0. The average molecular weight is 212 g/mol. The fourth-order valence-electron chi connectivity index (χ4n) is 2.11. The summed E-state index contributed by atoms with van der Waals surface area (Å²) in [6, 6.07) is 10.4. The molecule has 0 saturated heterocycles. The molecule has 16 heavy (non-hydrogen) atoms. The fraction of sp³-hybridized carbons (Fsp3) is 0.267. The summed E-state index contributed by atoms with van der Waals surface area (Å²) in [6.45, 7) is 5.72. The number of aryl methyl sites for hydroxylation is 1. The van der Waals surface area contributed by atoms with Gasteiger partial charge in [-0.2, -0.15) is 0 Å². The quantitative estimate of drug-likeness (QED) is 0.701. The lowest BCUT2D eigenvalue weighted by molar-refractivity contribution is -0.111. The highest BCUT2D eigenvalue weighted by Gasteiger charge is 2.22. The first-order valence-corrected chi connectivity index (χ1v) is 5.63. The summed E-state index contributed by atoms with van der Waals surface area (Å²) in [6.07, 6.45) is 2.76. The number of ketones is 1. The highest BCUT2D eigenvalue weighted by molar-refractivity contribution is 6.10. The van der Waals surface area contributed by atoms with E-state index in [1.807, 2.05) is 13.0 Å². The van der Waals surface area contributed by atoms with Crippen LogP contribution in [0.4, 0.5) is 0 Å². The van der Waals surface area contributed by atoms with Gasteiger partial charge in [0.05, 0.1) is 0 Å². The Bertz CT molecular complexity index is 452. The van der Waals surface area contributed by atoms with Gasteiger partial charge in [0.1, 0.15) is 0 Å². The maximum Gasteiger partial charge on any atom is 0.184 e. The van der Waals surface area contributed by atoms with Crippen LogP contribution in [0, 0.1) is 0 Å². The van der Waals surface area contributed by atoms with Crippen LogP contribution in [-0.4, -0.2) is 5.78 Å². The molecule has 1 aliphatic rings. The van der Waals surface area contributed by atoms with E-state index in [2.05, 4.69) is 30.8 Å². The second-order valence-electron chi connectivity index (χ2n) is 4.32. The highest BCUT2D eigenvalue weighted by Crippen LogP contribution is 2.29. The average Bonchev–Trinajstić information content (AvgIpc) is 2.56. The third kappa shape index (κ3) is 2.13. The number of carbonyl (C=O) groups excluding carboxylic acids is 1. The van der Waals surface area contributed by atoms with Gasteiger partial charge in [-0.25, -0.2) is 0 Å². The highest BCUT2D eigenvalue weighted by atomic mass is 16.1. The van der Waals surface area contributed by atoms with Crippen molar-refractivity contribution >= 4 is 5.78 Å². The normalized spacial score (nSPS) is 16.1. The minimum atomic E-state index is 0.156. The Kier molecular flexibility index (Phi) is 3.04. The largest absolute Gasteiger partial charge is 0.289 e. The number of allylic oxidation sites excluding steroid dienone is 3. The van der Waals surface area contributed by atoms with Crippen molar-refractivity contribution in [2.24, 2.45) is 0 Å². The van der Waals surface area contributed by atoms with Crippen LogP contribution in [0.1, 0.15) is 25.3 Å². The van der Waals surface area contributed by atoms with Gasteiger partial charge in [0.2, 0.25) is 0 Å². The summed E-state index contributed by atoms with van der Waals surface area (Å²) >= 11 is 0. The molecule has 0 radical (unpaired) electrons. The van der Waals surface area contributed by atoms with E-state index in [1.165, 1.54) is 11.1 Å². The van der Waals surface area contributed by atoms with Crippen molar-refractivity contribution in [3.63, 3.8) is 0 Å². The lowest BCUT2D eigenvalue weighted by atomic mass is 10.0. The minimum Gasteiger partial charge on any atom is -0.289 e. The molecule has 0 unspecified atom stereocenters. The molecule has 0 saturated carbocycles. The van der Waals surface area contributed by atoms with Gasteiger partial charge in [-0.1, -0.05) is 42.5 Å². The Morgan fingerprint density at radius 2 is 1.88 bits per heavy atom. The fourth-order valence-corrected chi connectivity index (χ4v) is 2.11. The van der Waals surface area contributed by atoms with Crippen LogP contribution in [0.2, 0.25) is 0 Å². The topological polar surface area (TPSA) is 17.1 Å². The smallest absolute Gasteiger partial charge is 0.184 e. The standard InChI is InChI=1S/C15H16O/c1-11-10-14(12(2)15(11)16)9-8-13-6-4-3-5-7-13/h3-7H,1,8-10H2,2H3. The van der Waals surface area contributed by atoms with E-state index in [0.29, 0.717) is 0 Å². The first kappa shape index (κ1) is 10.9. The molecule has 0 amide bonds. The van der Waals surface area contributed by atoms with Crippen molar-refractivity contribution in [1.82, 2.24) is 0 Å². The zero-order valence-electron chi connectivity index (χ0n) is 9.62. The van der Waals surface area contributed by atoms with Gasteiger partial charge >= 0.3 is 0 Å². The maximum absolute atomic E-state index is 11.6. The molecule has 0 aliphatic heterocycles. The molecule has 1 heteroatoms. The molecule has 1 aromatic carbocycles. The third-order valence-corrected chi connectivity index (χ3v) is 3.18. The molecular formula is C15H16O. The van der Waals surface area contributed by atoms with E-state index in [1.54, 1.807) is 0 Å². The summed E-state index contributed by atoms with van der Waals surface area (Å²) in [5, 5.41) is 0. The Balaban J connectivity index is 2.02. The molecule has 2 rings (SSSR count). The lowest BCUT2D eigenvalue weighted by Gasteiger charge is -2.03. The van der Waals surface area contributed by atoms with Crippen LogP contribution < -0.4 is 0 Å². The van der Waals surface area contributed by atoms with Gasteiger partial charge in [0.15, 0.2) is 5.78 Å². The molecule has 1 nitrogen and oxygen atoms in total. The monoisotopic (exact) mass is 212 g/mol. The van der Waals surface area contributed by atoms with Crippen LogP contribution in [0.5, 0.6) is 0 Å². The first-order chi connectivity index (χ1) is 7.68. The number of hydrogen-bond donors (Lipinski definition) is 0. The molecule has 0 fully saturated rings. The molecule has 0 heterocycles. The summed E-state index contributed by atoms with van der Waals surface area (Å²) in [7, 11) is 0. The lowest BCUT2D eigenvalue weighted by Crippen LogP contribution is -1.94. The van der Waals surface area contributed by atoms with Gasteiger partial charge < -0.3 is 0 Å². The summed E-state index contributed by atoms with van der Waals surface area (Å²) in [5.41, 5.74) is 4.26. The predicted molar refractivity (Wildman–Crippen MR) is 66.2 cm³/mol. The van der Waals surface area contributed by atoms with Crippen LogP contribution in [0.15, 0.2) is 53.6 Å². The Morgan fingerprint density at radius 3 is 2.44 bits per heavy atom. The maximum atomic E-state index is 11.6. The van der Waals surface area contributed by atoms with Crippen molar-refractivity contribution < 1.29 is 4.79 Å². The molecule has 0 N–H and O–H groups in total. The number of rotatable bonds is 3. The van der Waals surface area contributed by atoms with Gasteiger partial charge in [0.25, 0.3) is 0 Å². The van der Waals surface area contributed by atoms with E-state index in [4.69, 9.17) is 0 Å². The number of carbonyl (C=O) groups is 1. The molecule has 0 atom stereocenters. The summed E-state index contributed by atoms with van der Waals surface area (Å²) in [5.74, 6) is 0.156. The molecule has 0 spiro atoms. The first-order valence-electron chi connectivity index (χ1n) is 5.63. The van der Waals surface area contributed by atoms with Crippen LogP contribution >= 0.6 is 0 Å². The number of hydrogen-bond acceptors (Lipinski definition) is 1. The van der Waals surface area contributed by atoms with Crippen molar-refractivity contribution in [2.45, 2.75) is 26.2 Å². The zero-order chi connectivity index (χ0) is 11.5. The van der Waals surface area contributed by atoms with E-state index in [-0.39, 0.29) is 5.78 Å². The molecule has 0 aromatic heterocycles. The Hall–Kier alpha value is -1.63. The van der Waals surface area contributed by atoms with Crippen molar-refractivity contribution in [3.8, 4) is 0 Å². The SMILES string of the molecule is C=C1CC(CCc2ccccc2)=C(C)C1=O. The third-order valence-electron chi connectivity index (χ3n) is 3.18. The Morgan fingerprint density at radius 1 is 1.19 bits per heavy atom. The van der Waals surface area contributed by atoms with Crippen molar-refractivity contribution in [3.05, 3.63) is 59.2 Å². The van der Waals surface area contributed by atoms with E-state index < -0.39 is 0 Å². The molecule has 1 aromatic rings. The molecular weight excluding hydrogens is 196 g/mol. The van der Waals surface area contributed by atoms with Crippen LogP contribution in [0.25, 0.3) is 0 Å². The van der Waals surface area contributed by atoms with E-state index in [0.717, 1.165) is 30.4 Å². The van der Waals surface area contributed by atoms with Crippen molar-refractivity contribution in [1.29, 1.82) is 0 Å². The second kappa shape index (κ2) is 4.48. The molecule has 1 aliphatic carbocycles. The second-order valence-corrected chi connectivity index (χ2v) is 4.32. The Labute approximate surface area is 96.5 Å². The van der Waals surface area contributed by atoms with Crippen LogP contribution in [-0.2, 0) is 11.2 Å². The zero-order valence-corrected chi connectivity index (χ0v) is 9.62. The minimum absolute atomic E-state index is 0.156. The number of benzene rings is 1. The summed E-state index contributed by atoms with van der Waals surface area (Å²) in [4.78, 5) is 11.6. The van der Waals surface area contributed by atoms with E-state index >= 15 is 0 Å². The van der Waals surface area contributed by atoms with Crippen LogP contribution in [0.3, 0.4) is 0 Å². The van der Waals surface area contributed by atoms with Gasteiger partial charge in [-0.3, -0.25) is 4.79 Å². The van der Waals surface area contributed by atoms with Gasteiger partial charge in [-0.05, 0) is 42.9 Å². The predicted octanol–water partition coefficient (Wildman–Crippen LogP) is 3.46. The van der Waals surface area contributed by atoms with Gasteiger partial charge in [-0.15, -0.1) is 0 Å².